The summed E-state index contributed by atoms with van der Waals surface area (Å²) in [5.41, 5.74) is 0. The minimum atomic E-state index is -0.440. The van der Waals surface area contributed by atoms with E-state index in [1.807, 2.05) is 0 Å². The molecule has 0 aromatic carbocycles. The molecule has 0 aliphatic heterocycles. The van der Waals surface area contributed by atoms with Gasteiger partial charge in [-0.1, -0.05) is 0 Å². The molecule has 0 radical (unpaired) electrons. The van der Waals surface area contributed by atoms with Gasteiger partial charge in [-0.15, -0.1) is 0 Å². The summed E-state index contributed by atoms with van der Waals surface area (Å²) in [6.07, 6.45) is 3.84. The summed E-state index contributed by atoms with van der Waals surface area (Å²) < 4.78 is 4.68. The Balaban J connectivity index is 2.40. The fourth-order valence-corrected chi connectivity index (χ4v) is 0.728. The second-order valence-electron chi connectivity index (χ2n) is 2.00. The van der Waals surface area contributed by atoms with E-state index in [2.05, 4.69) is 4.74 Å². The molecule has 0 unspecified atom stereocenters. The first-order chi connectivity index (χ1) is 4.68. The molecule has 0 aromatic heterocycles. The Kier molecular flexibility index (Phi) is 1.76. The molecule has 0 fully saturated rings. The summed E-state index contributed by atoms with van der Waals surface area (Å²) >= 11 is 0. The topological polar surface area (TPSA) is 43.4 Å². The van der Waals surface area contributed by atoms with E-state index in [0.29, 0.717) is 0 Å². The third kappa shape index (κ3) is 1.62. The molecular weight excluding hydrogens is 132 g/mol. The molecule has 0 N–H and O–H groups in total. The van der Waals surface area contributed by atoms with Crippen LogP contribution >= 0.6 is 0 Å². The van der Waals surface area contributed by atoms with E-state index in [9.17, 15) is 9.59 Å². The fraction of sp³-hybridized carbons (Fsp3) is 0.286. The molecule has 0 aromatic rings. The zero-order valence-electron chi connectivity index (χ0n) is 5.53. The predicted octanol–water partition coefficient (Wildman–Crippen LogP) is 0.261. The second kappa shape index (κ2) is 2.56. The van der Waals surface area contributed by atoms with Crippen LogP contribution in [0.2, 0.25) is 0 Å². The molecule has 0 amide bonds. The van der Waals surface area contributed by atoms with Gasteiger partial charge in [-0.25, -0.2) is 4.79 Å². The van der Waals surface area contributed by atoms with E-state index >= 15 is 0 Å². The molecule has 1 atom stereocenters. The van der Waals surface area contributed by atoms with Gasteiger partial charge in [-0.05, 0) is 0 Å². The lowest BCUT2D eigenvalue weighted by Gasteiger charge is -1.99. The van der Waals surface area contributed by atoms with E-state index in [1.54, 1.807) is 6.08 Å². The van der Waals surface area contributed by atoms with Gasteiger partial charge in [-0.2, -0.15) is 0 Å². The molecule has 0 spiro atoms. The van der Waals surface area contributed by atoms with Gasteiger partial charge in [0.15, 0.2) is 0 Å². The van der Waals surface area contributed by atoms with Crippen LogP contribution in [0.3, 0.4) is 0 Å². The molecule has 1 rings (SSSR count). The summed E-state index contributed by atoms with van der Waals surface area (Å²) in [5.74, 6) is -0.480. The standard InChI is InChI=1S/C7H7O3/c1-5(8)10-7-3-2-6(9)4-7/h2-4,7H,1H3/q+1/t7-/m0/s1. The highest BCUT2D eigenvalue weighted by Gasteiger charge is 2.27. The molecular formula is C7H7O3+. The molecule has 3 nitrogen and oxygen atoms in total. The van der Waals surface area contributed by atoms with E-state index in [-0.39, 0.29) is 11.8 Å². The van der Waals surface area contributed by atoms with Crippen molar-refractivity contribution in [1.29, 1.82) is 0 Å². The van der Waals surface area contributed by atoms with Crippen LogP contribution in [0.1, 0.15) is 6.92 Å². The lowest BCUT2D eigenvalue weighted by Crippen LogP contribution is -2.12. The van der Waals surface area contributed by atoms with Crippen LogP contribution in [-0.2, 0) is 14.3 Å². The Morgan fingerprint density at radius 1 is 1.80 bits per heavy atom. The molecule has 1 aliphatic carbocycles. The third-order valence-corrected chi connectivity index (χ3v) is 1.08. The van der Waals surface area contributed by atoms with Gasteiger partial charge >= 0.3 is 11.8 Å². The van der Waals surface area contributed by atoms with Crippen LogP contribution in [0.4, 0.5) is 0 Å². The van der Waals surface area contributed by atoms with Crippen LogP contribution < -0.4 is 0 Å². The molecule has 0 heterocycles. The lowest BCUT2D eigenvalue weighted by atomic mass is 10.3. The van der Waals surface area contributed by atoms with Crippen molar-refractivity contribution in [2.45, 2.75) is 13.0 Å². The van der Waals surface area contributed by atoms with Crippen molar-refractivity contribution >= 4 is 11.8 Å². The quantitative estimate of drug-likeness (QED) is 0.386. The minimum Gasteiger partial charge on any atom is -0.433 e. The normalized spacial score (nSPS) is 22.5. The van der Waals surface area contributed by atoms with Crippen molar-refractivity contribution in [3.05, 3.63) is 18.6 Å². The maximum absolute atomic E-state index is 10.5. The van der Waals surface area contributed by atoms with Crippen LogP contribution in [0, 0.1) is 6.42 Å². The van der Waals surface area contributed by atoms with Crippen LogP contribution in [-0.4, -0.2) is 17.9 Å². The lowest BCUT2D eigenvalue weighted by molar-refractivity contribution is -0.142. The van der Waals surface area contributed by atoms with Gasteiger partial charge in [-0.3, -0.25) is 4.79 Å². The number of hydrogen-bond donors (Lipinski definition) is 0. The Morgan fingerprint density at radius 2 is 2.50 bits per heavy atom. The number of ketones is 1. The first kappa shape index (κ1) is 6.86. The maximum Gasteiger partial charge on any atom is 0.333 e. The molecule has 52 valence electrons. The van der Waals surface area contributed by atoms with Crippen molar-refractivity contribution in [2.24, 2.45) is 0 Å². The number of esters is 1. The van der Waals surface area contributed by atoms with Crippen molar-refractivity contribution in [3.8, 4) is 0 Å². The molecule has 1 aliphatic rings. The van der Waals surface area contributed by atoms with Gasteiger partial charge in [0, 0.05) is 6.92 Å². The predicted molar refractivity (Wildman–Crippen MR) is 34.0 cm³/mol. The largest absolute Gasteiger partial charge is 0.433 e. The highest BCUT2D eigenvalue weighted by Crippen LogP contribution is 2.08. The Hall–Kier alpha value is -1.25. The molecule has 3 heteroatoms. The second-order valence-corrected chi connectivity index (χ2v) is 2.00. The molecule has 0 saturated heterocycles. The number of ether oxygens (including phenoxy) is 1. The average molecular weight is 139 g/mol. The van der Waals surface area contributed by atoms with Crippen molar-refractivity contribution in [3.63, 3.8) is 0 Å². The number of hydrogen-bond acceptors (Lipinski definition) is 3. The zero-order valence-corrected chi connectivity index (χ0v) is 5.53. The highest BCUT2D eigenvalue weighted by molar-refractivity contribution is 6.00. The van der Waals surface area contributed by atoms with Crippen LogP contribution in [0.15, 0.2) is 12.2 Å². The van der Waals surface area contributed by atoms with Crippen LogP contribution in [0.5, 0.6) is 0 Å². The Bertz CT molecular complexity index is 193. The fourth-order valence-electron chi connectivity index (χ4n) is 0.728. The van der Waals surface area contributed by atoms with Crippen LogP contribution in [0.25, 0.3) is 0 Å². The average Bonchev–Trinajstić information content (AvgIpc) is 2.13. The summed E-state index contributed by atoms with van der Waals surface area (Å²) in [7, 11) is 0. The van der Waals surface area contributed by atoms with Gasteiger partial charge in [0.05, 0.1) is 6.08 Å². The summed E-state index contributed by atoms with van der Waals surface area (Å²) in [4.78, 5) is 20.8. The van der Waals surface area contributed by atoms with Gasteiger partial charge in [0.2, 0.25) is 6.10 Å². The summed E-state index contributed by atoms with van der Waals surface area (Å²) in [6, 6.07) is 0. The Morgan fingerprint density at radius 3 is 2.90 bits per heavy atom. The smallest absolute Gasteiger partial charge is 0.333 e. The van der Waals surface area contributed by atoms with Crippen molar-refractivity contribution in [2.75, 3.05) is 0 Å². The molecule has 0 bridgehead atoms. The number of rotatable bonds is 1. The number of carbonyl (C=O) groups is 2. The first-order valence-electron chi connectivity index (χ1n) is 2.93. The zero-order chi connectivity index (χ0) is 7.56. The highest BCUT2D eigenvalue weighted by atomic mass is 16.5. The van der Waals surface area contributed by atoms with Crippen molar-refractivity contribution < 1.29 is 14.3 Å². The van der Waals surface area contributed by atoms with E-state index in [1.165, 1.54) is 19.4 Å². The Labute approximate surface area is 58.7 Å². The monoisotopic (exact) mass is 139 g/mol. The molecule has 10 heavy (non-hydrogen) atoms. The number of carbonyl (C=O) groups excluding carboxylic acids is 2. The minimum absolute atomic E-state index is 0.105. The van der Waals surface area contributed by atoms with Gasteiger partial charge in [0.25, 0.3) is 0 Å². The summed E-state index contributed by atoms with van der Waals surface area (Å²) in [5, 5.41) is 0. The number of allylic oxidation sites excluding steroid dienone is 1. The first-order valence-corrected chi connectivity index (χ1v) is 2.93. The van der Waals surface area contributed by atoms with Gasteiger partial charge < -0.3 is 4.74 Å². The maximum atomic E-state index is 10.5. The van der Waals surface area contributed by atoms with Crippen molar-refractivity contribution in [1.82, 2.24) is 0 Å². The summed E-state index contributed by atoms with van der Waals surface area (Å²) in [6.45, 7) is 1.31. The SMILES string of the molecule is CC(=O)O[C@H]1C=CC(=O)[CH+]1. The third-order valence-electron chi connectivity index (χ3n) is 1.08. The van der Waals surface area contributed by atoms with Gasteiger partial charge in [0.1, 0.15) is 12.5 Å². The van der Waals surface area contributed by atoms with E-state index < -0.39 is 6.10 Å². The van der Waals surface area contributed by atoms with E-state index in [4.69, 9.17) is 0 Å². The van der Waals surface area contributed by atoms with E-state index in [0.717, 1.165) is 0 Å². The molecule has 0 saturated carbocycles.